The van der Waals surface area contributed by atoms with Gasteiger partial charge in [0.2, 0.25) is 0 Å². The van der Waals surface area contributed by atoms with Crippen LogP contribution in [-0.2, 0) is 0 Å². The van der Waals surface area contributed by atoms with Crippen LogP contribution in [0.3, 0.4) is 0 Å². The van der Waals surface area contributed by atoms with Crippen LogP contribution in [-0.4, -0.2) is 6.61 Å². The molecule has 0 aliphatic carbocycles. The molecule has 1 rings (SSSR count). The number of allylic oxidation sites excluding steroid dienone is 1. The third kappa shape index (κ3) is 4.21. The van der Waals surface area contributed by atoms with Crippen LogP contribution in [0, 0.1) is 12.8 Å². The first-order valence-corrected chi connectivity index (χ1v) is 6.92. The van der Waals surface area contributed by atoms with E-state index in [9.17, 15) is 0 Å². The van der Waals surface area contributed by atoms with Crippen molar-refractivity contribution in [1.82, 2.24) is 0 Å². The monoisotopic (exact) mass is 246 g/mol. The molecule has 0 bridgehead atoms. The summed E-state index contributed by atoms with van der Waals surface area (Å²) < 4.78 is 5.76. The lowest BCUT2D eigenvalue weighted by Crippen LogP contribution is -2.05. The van der Waals surface area contributed by atoms with E-state index in [-0.39, 0.29) is 0 Å². The topological polar surface area (TPSA) is 9.23 Å². The highest BCUT2D eigenvalue weighted by Crippen LogP contribution is 2.29. The van der Waals surface area contributed by atoms with Gasteiger partial charge in [-0.25, -0.2) is 0 Å². The molecule has 0 amide bonds. The highest BCUT2D eigenvalue weighted by molar-refractivity contribution is 5.37. The van der Waals surface area contributed by atoms with Crippen LogP contribution in [0.1, 0.15) is 50.7 Å². The zero-order chi connectivity index (χ0) is 13.5. The van der Waals surface area contributed by atoms with Gasteiger partial charge in [-0.1, -0.05) is 32.9 Å². The highest BCUT2D eigenvalue weighted by Gasteiger charge is 2.11. The van der Waals surface area contributed by atoms with Gasteiger partial charge in [-0.15, -0.1) is 6.58 Å². The summed E-state index contributed by atoms with van der Waals surface area (Å²) in [5.41, 5.74) is 2.75. The van der Waals surface area contributed by atoms with E-state index in [4.69, 9.17) is 4.74 Å². The summed E-state index contributed by atoms with van der Waals surface area (Å²) in [6.45, 7) is 13.4. The largest absolute Gasteiger partial charge is 0.493 e. The molecule has 18 heavy (non-hydrogen) atoms. The van der Waals surface area contributed by atoms with E-state index in [0.29, 0.717) is 11.8 Å². The maximum atomic E-state index is 5.76. The van der Waals surface area contributed by atoms with Crippen molar-refractivity contribution >= 4 is 0 Å². The van der Waals surface area contributed by atoms with Gasteiger partial charge in [-0.2, -0.15) is 0 Å². The second-order valence-electron chi connectivity index (χ2n) is 5.35. The summed E-state index contributed by atoms with van der Waals surface area (Å²) in [7, 11) is 0. The minimum atomic E-state index is 0.564. The van der Waals surface area contributed by atoms with Crippen LogP contribution in [0.5, 0.6) is 5.75 Å². The van der Waals surface area contributed by atoms with Gasteiger partial charge in [0, 0.05) is 0 Å². The number of aryl methyl sites for hydroxylation is 1. The summed E-state index contributed by atoms with van der Waals surface area (Å²) in [6.07, 6.45) is 4.21. The molecule has 1 unspecified atom stereocenters. The molecule has 0 spiro atoms. The summed E-state index contributed by atoms with van der Waals surface area (Å²) >= 11 is 0. The molecule has 1 heteroatoms. The molecule has 1 nitrogen and oxygen atoms in total. The summed E-state index contributed by atoms with van der Waals surface area (Å²) in [5.74, 6) is 2.13. The molecule has 0 saturated heterocycles. The molecule has 0 saturated carbocycles. The molecule has 1 aromatic rings. The average Bonchev–Trinajstić information content (AvgIpc) is 2.34. The van der Waals surface area contributed by atoms with Gasteiger partial charge >= 0.3 is 0 Å². The number of ether oxygens (including phenoxy) is 1. The Morgan fingerprint density at radius 3 is 2.56 bits per heavy atom. The van der Waals surface area contributed by atoms with Gasteiger partial charge in [0.05, 0.1) is 6.61 Å². The third-order valence-corrected chi connectivity index (χ3v) is 3.21. The van der Waals surface area contributed by atoms with Crippen LogP contribution in [0.25, 0.3) is 0 Å². The fourth-order valence-electron chi connectivity index (χ4n) is 2.17. The van der Waals surface area contributed by atoms with E-state index in [2.05, 4.69) is 52.5 Å². The van der Waals surface area contributed by atoms with Gasteiger partial charge < -0.3 is 4.74 Å². The van der Waals surface area contributed by atoms with E-state index in [0.717, 1.165) is 25.2 Å². The Morgan fingerprint density at radius 2 is 2.06 bits per heavy atom. The van der Waals surface area contributed by atoms with Crippen molar-refractivity contribution in [3.8, 4) is 5.75 Å². The molecule has 0 fully saturated rings. The lowest BCUT2D eigenvalue weighted by atomic mass is 9.90. The second kappa shape index (κ2) is 7.25. The quantitative estimate of drug-likeness (QED) is 0.608. The van der Waals surface area contributed by atoms with Gasteiger partial charge in [0.25, 0.3) is 0 Å². The van der Waals surface area contributed by atoms with Crippen molar-refractivity contribution in [1.29, 1.82) is 0 Å². The first kappa shape index (κ1) is 14.8. The Kier molecular flexibility index (Phi) is 5.97. The molecule has 100 valence electrons. The first-order valence-electron chi connectivity index (χ1n) is 6.92. The predicted molar refractivity (Wildman–Crippen MR) is 79.4 cm³/mol. The Morgan fingerprint density at radius 1 is 1.33 bits per heavy atom. The van der Waals surface area contributed by atoms with Gasteiger partial charge in [-0.3, -0.25) is 0 Å². The molecule has 1 aromatic carbocycles. The molecule has 0 aromatic heterocycles. The number of hydrogen-bond donors (Lipinski definition) is 0. The van der Waals surface area contributed by atoms with Gasteiger partial charge in [0.1, 0.15) is 5.75 Å². The molecule has 0 N–H and O–H groups in total. The number of benzene rings is 1. The van der Waals surface area contributed by atoms with E-state index in [1.807, 2.05) is 6.08 Å². The summed E-state index contributed by atoms with van der Waals surface area (Å²) in [6, 6.07) is 6.46. The van der Waals surface area contributed by atoms with E-state index >= 15 is 0 Å². The van der Waals surface area contributed by atoms with Crippen molar-refractivity contribution in [2.75, 3.05) is 6.61 Å². The van der Waals surface area contributed by atoms with Gasteiger partial charge in [-0.05, 0) is 54.9 Å². The lowest BCUT2D eigenvalue weighted by molar-refractivity contribution is 0.271. The Labute approximate surface area is 112 Å². The maximum Gasteiger partial charge on any atom is 0.119 e. The molecule has 0 radical (unpaired) electrons. The second-order valence-corrected chi connectivity index (χ2v) is 5.35. The molecule has 1 atom stereocenters. The fraction of sp³-hybridized carbons (Fsp3) is 0.529. The minimum Gasteiger partial charge on any atom is -0.493 e. The SMILES string of the molecule is C=CCC(CC)c1ccc(OCC(C)C)cc1C. The zero-order valence-electron chi connectivity index (χ0n) is 12.2. The van der Waals surface area contributed by atoms with Crippen LogP contribution >= 0.6 is 0 Å². The molecule has 0 aliphatic rings. The Balaban J connectivity index is 2.81. The average molecular weight is 246 g/mol. The predicted octanol–water partition coefficient (Wildman–Crippen LogP) is 5.10. The van der Waals surface area contributed by atoms with Crippen molar-refractivity contribution < 1.29 is 4.74 Å². The number of hydrogen-bond acceptors (Lipinski definition) is 1. The van der Waals surface area contributed by atoms with Crippen LogP contribution in [0.15, 0.2) is 30.9 Å². The van der Waals surface area contributed by atoms with E-state index in [1.165, 1.54) is 11.1 Å². The van der Waals surface area contributed by atoms with Crippen molar-refractivity contribution in [2.45, 2.75) is 46.5 Å². The highest BCUT2D eigenvalue weighted by atomic mass is 16.5. The number of rotatable bonds is 7. The summed E-state index contributed by atoms with van der Waals surface area (Å²) in [4.78, 5) is 0. The van der Waals surface area contributed by atoms with Crippen LogP contribution in [0.2, 0.25) is 0 Å². The Hall–Kier alpha value is -1.24. The smallest absolute Gasteiger partial charge is 0.119 e. The lowest BCUT2D eigenvalue weighted by Gasteiger charge is -2.17. The van der Waals surface area contributed by atoms with Crippen molar-refractivity contribution in [3.63, 3.8) is 0 Å². The van der Waals surface area contributed by atoms with E-state index < -0.39 is 0 Å². The van der Waals surface area contributed by atoms with E-state index in [1.54, 1.807) is 0 Å². The van der Waals surface area contributed by atoms with Crippen LogP contribution < -0.4 is 4.74 Å². The molecule has 0 heterocycles. The zero-order valence-corrected chi connectivity index (χ0v) is 12.2. The minimum absolute atomic E-state index is 0.564. The first-order chi connectivity index (χ1) is 8.58. The van der Waals surface area contributed by atoms with Crippen molar-refractivity contribution in [3.05, 3.63) is 42.0 Å². The fourth-order valence-corrected chi connectivity index (χ4v) is 2.17. The molecule has 0 aliphatic heterocycles. The van der Waals surface area contributed by atoms with Gasteiger partial charge in [0.15, 0.2) is 0 Å². The van der Waals surface area contributed by atoms with Crippen LogP contribution in [0.4, 0.5) is 0 Å². The standard InChI is InChI=1S/C17H26O/c1-6-8-15(7-2)17-10-9-16(11-14(17)5)18-12-13(3)4/h6,9-11,13,15H,1,7-8,12H2,2-5H3. The molecular weight excluding hydrogens is 220 g/mol. The maximum absolute atomic E-state index is 5.76. The third-order valence-electron chi connectivity index (χ3n) is 3.21. The molecular formula is C17H26O. The Bertz CT molecular complexity index is 379. The summed E-state index contributed by atoms with van der Waals surface area (Å²) in [5, 5.41) is 0. The van der Waals surface area contributed by atoms with Crippen molar-refractivity contribution in [2.24, 2.45) is 5.92 Å². The normalized spacial score (nSPS) is 12.5.